The molecule has 31 heavy (non-hydrogen) atoms. The molecule has 3 aliphatic heterocycles. The zero-order valence-electron chi connectivity index (χ0n) is 18.3. The molecule has 1 amide bonds. The molecule has 4 rings (SSSR count). The summed E-state index contributed by atoms with van der Waals surface area (Å²) in [5.74, 6) is 2.65. The minimum atomic E-state index is 0.212. The van der Waals surface area contributed by atoms with E-state index < -0.39 is 0 Å². The second-order valence-electron chi connectivity index (χ2n) is 8.41. The van der Waals surface area contributed by atoms with Gasteiger partial charge in [-0.25, -0.2) is 0 Å². The number of amides is 1. The van der Waals surface area contributed by atoms with Crippen molar-refractivity contribution in [2.75, 3.05) is 85.3 Å². The van der Waals surface area contributed by atoms with Crippen molar-refractivity contribution in [3.63, 3.8) is 0 Å². The maximum absolute atomic E-state index is 12.5. The van der Waals surface area contributed by atoms with E-state index in [1.54, 1.807) is 6.26 Å². The SMILES string of the molecule is O=C(CN1CCN(C(=NCC2CCOC2)NCCc2ccco2)CC1)N1CCOCC1. The van der Waals surface area contributed by atoms with E-state index in [2.05, 4.69) is 15.1 Å². The highest BCUT2D eigenvalue weighted by Crippen LogP contribution is 2.13. The molecule has 3 fully saturated rings. The van der Waals surface area contributed by atoms with Crippen LogP contribution in [0, 0.1) is 5.92 Å². The minimum absolute atomic E-state index is 0.212. The molecule has 0 aromatic carbocycles. The normalized spacial score (nSPS) is 23.4. The maximum atomic E-state index is 12.5. The summed E-state index contributed by atoms with van der Waals surface area (Å²) in [5.41, 5.74) is 0. The number of hydrogen-bond acceptors (Lipinski definition) is 6. The third-order valence-electron chi connectivity index (χ3n) is 6.15. The van der Waals surface area contributed by atoms with Crippen LogP contribution in [0.2, 0.25) is 0 Å². The molecule has 0 aliphatic carbocycles. The van der Waals surface area contributed by atoms with Crippen LogP contribution in [0.3, 0.4) is 0 Å². The average Bonchev–Trinajstić information content (AvgIpc) is 3.52. The first-order chi connectivity index (χ1) is 15.3. The summed E-state index contributed by atoms with van der Waals surface area (Å²) >= 11 is 0. The van der Waals surface area contributed by atoms with Crippen molar-refractivity contribution in [3.8, 4) is 0 Å². The lowest BCUT2D eigenvalue weighted by Crippen LogP contribution is -2.55. The second-order valence-corrected chi connectivity index (χ2v) is 8.41. The number of guanidine groups is 1. The Kier molecular flexibility index (Phi) is 8.20. The molecule has 4 heterocycles. The molecular formula is C22H35N5O4. The standard InChI is InChI=1S/C22H35N5O4/c28-21(26-10-14-29-15-11-26)17-25-6-8-27(9-7-25)22(24-16-19-4-13-30-18-19)23-5-3-20-2-1-12-31-20/h1-2,12,19H,3-11,13-18H2,(H,23,24). The highest BCUT2D eigenvalue weighted by molar-refractivity contribution is 5.80. The topological polar surface area (TPSA) is 82.8 Å². The average molecular weight is 434 g/mol. The highest BCUT2D eigenvalue weighted by Gasteiger charge is 2.25. The Morgan fingerprint density at radius 3 is 2.61 bits per heavy atom. The zero-order valence-corrected chi connectivity index (χ0v) is 18.3. The van der Waals surface area contributed by atoms with E-state index in [-0.39, 0.29) is 5.91 Å². The maximum Gasteiger partial charge on any atom is 0.236 e. The Hall–Kier alpha value is -2.10. The van der Waals surface area contributed by atoms with Crippen LogP contribution in [0.5, 0.6) is 0 Å². The molecule has 0 saturated carbocycles. The molecule has 1 unspecified atom stereocenters. The molecule has 3 saturated heterocycles. The summed E-state index contributed by atoms with van der Waals surface area (Å²) in [6.07, 6.45) is 3.62. The zero-order chi connectivity index (χ0) is 21.3. The van der Waals surface area contributed by atoms with Gasteiger partial charge in [0.1, 0.15) is 5.76 Å². The smallest absolute Gasteiger partial charge is 0.236 e. The van der Waals surface area contributed by atoms with E-state index in [9.17, 15) is 4.79 Å². The van der Waals surface area contributed by atoms with Crippen LogP contribution in [0.1, 0.15) is 12.2 Å². The molecule has 1 atom stereocenters. The van der Waals surface area contributed by atoms with Gasteiger partial charge in [-0.3, -0.25) is 14.7 Å². The number of nitrogens with zero attached hydrogens (tertiary/aromatic N) is 4. The fourth-order valence-corrected chi connectivity index (χ4v) is 4.18. The Bertz CT molecular complexity index is 691. The van der Waals surface area contributed by atoms with Crippen molar-refractivity contribution < 1.29 is 18.7 Å². The van der Waals surface area contributed by atoms with Gasteiger partial charge in [-0.15, -0.1) is 0 Å². The molecule has 9 heteroatoms. The quantitative estimate of drug-likeness (QED) is 0.489. The van der Waals surface area contributed by atoms with Crippen LogP contribution in [0.25, 0.3) is 0 Å². The minimum Gasteiger partial charge on any atom is -0.469 e. The summed E-state index contributed by atoms with van der Waals surface area (Å²) in [7, 11) is 0. The molecule has 9 nitrogen and oxygen atoms in total. The lowest BCUT2D eigenvalue weighted by molar-refractivity contribution is -0.136. The summed E-state index contributed by atoms with van der Waals surface area (Å²) < 4.78 is 16.3. The lowest BCUT2D eigenvalue weighted by atomic mass is 10.1. The largest absolute Gasteiger partial charge is 0.469 e. The van der Waals surface area contributed by atoms with Gasteiger partial charge in [0.25, 0.3) is 0 Å². The van der Waals surface area contributed by atoms with Crippen LogP contribution in [0.15, 0.2) is 27.8 Å². The van der Waals surface area contributed by atoms with Crippen LogP contribution in [-0.2, 0) is 20.7 Å². The van der Waals surface area contributed by atoms with Gasteiger partial charge in [0.15, 0.2) is 5.96 Å². The van der Waals surface area contributed by atoms with Crippen LogP contribution in [-0.4, -0.2) is 112 Å². The van der Waals surface area contributed by atoms with Gasteiger partial charge in [-0.1, -0.05) is 0 Å². The van der Waals surface area contributed by atoms with E-state index >= 15 is 0 Å². The molecule has 0 bridgehead atoms. The molecule has 1 N–H and O–H groups in total. The molecular weight excluding hydrogens is 398 g/mol. The summed E-state index contributed by atoms with van der Waals surface area (Å²) in [5, 5.41) is 3.53. The van der Waals surface area contributed by atoms with Gasteiger partial charge in [0.2, 0.25) is 5.91 Å². The Morgan fingerprint density at radius 2 is 1.90 bits per heavy atom. The van der Waals surface area contributed by atoms with Crippen molar-refractivity contribution in [2.24, 2.45) is 10.9 Å². The number of hydrogen-bond donors (Lipinski definition) is 1. The number of carbonyl (C=O) groups is 1. The van der Waals surface area contributed by atoms with E-state index in [1.165, 1.54) is 0 Å². The first kappa shape index (κ1) is 22.1. The fourth-order valence-electron chi connectivity index (χ4n) is 4.18. The second kappa shape index (κ2) is 11.5. The van der Waals surface area contributed by atoms with Crippen LogP contribution in [0.4, 0.5) is 0 Å². The van der Waals surface area contributed by atoms with Crippen molar-refractivity contribution in [2.45, 2.75) is 12.8 Å². The number of ether oxygens (including phenoxy) is 2. The first-order valence-electron chi connectivity index (χ1n) is 11.5. The van der Waals surface area contributed by atoms with E-state index in [0.717, 1.165) is 77.0 Å². The lowest BCUT2D eigenvalue weighted by Gasteiger charge is -2.37. The summed E-state index contributed by atoms with van der Waals surface area (Å²) in [6, 6.07) is 3.92. The number of morpholine rings is 1. The number of carbonyl (C=O) groups excluding carboxylic acids is 1. The van der Waals surface area contributed by atoms with Gasteiger partial charge in [0, 0.05) is 71.3 Å². The van der Waals surface area contributed by atoms with Crippen molar-refractivity contribution >= 4 is 11.9 Å². The van der Waals surface area contributed by atoms with Crippen molar-refractivity contribution in [1.82, 2.24) is 20.0 Å². The number of nitrogens with one attached hydrogen (secondary N) is 1. The van der Waals surface area contributed by atoms with Gasteiger partial charge in [0.05, 0.1) is 32.6 Å². The molecule has 1 aromatic rings. The third-order valence-corrected chi connectivity index (χ3v) is 6.15. The molecule has 3 aliphatic rings. The fraction of sp³-hybridized carbons (Fsp3) is 0.727. The number of rotatable bonds is 7. The van der Waals surface area contributed by atoms with Gasteiger partial charge in [-0.2, -0.15) is 0 Å². The Morgan fingerprint density at radius 1 is 1.06 bits per heavy atom. The molecule has 1 aromatic heterocycles. The van der Waals surface area contributed by atoms with E-state index in [1.807, 2.05) is 17.0 Å². The number of aliphatic imine (C=N–C) groups is 1. The van der Waals surface area contributed by atoms with Crippen LogP contribution < -0.4 is 5.32 Å². The van der Waals surface area contributed by atoms with E-state index in [0.29, 0.717) is 38.8 Å². The predicted octanol–water partition coefficient (Wildman–Crippen LogP) is 0.281. The van der Waals surface area contributed by atoms with Crippen LogP contribution >= 0.6 is 0 Å². The monoisotopic (exact) mass is 433 g/mol. The first-order valence-corrected chi connectivity index (χ1v) is 11.5. The predicted molar refractivity (Wildman–Crippen MR) is 117 cm³/mol. The number of piperazine rings is 1. The van der Waals surface area contributed by atoms with Gasteiger partial charge in [-0.05, 0) is 18.6 Å². The van der Waals surface area contributed by atoms with Crippen molar-refractivity contribution in [3.05, 3.63) is 24.2 Å². The Balaban J connectivity index is 1.26. The summed E-state index contributed by atoms with van der Waals surface area (Å²) in [4.78, 5) is 23.9. The molecule has 0 radical (unpaired) electrons. The van der Waals surface area contributed by atoms with E-state index in [4.69, 9.17) is 18.9 Å². The molecule has 172 valence electrons. The highest BCUT2D eigenvalue weighted by atomic mass is 16.5. The third kappa shape index (κ3) is 6.69. The summed E-state index contributed by atoms with van der Waals surface area (Å²) in [6.45, 7) is 9.88. The van der Waals surface area contributed by atoms with Crippen molar-refractivity contribution in [1.29, 1.82) is 0 Å². The number of furan rings is 1. The Labute approximate surface area is 184 Å². The van der Waals surface area contributed by atoms with Gasteiger partial charge < -0.3 is 29.0 Å². The molecule has 0 spiro atoms. The van der Waals surface area contributed by atoms with Gasteiger partial charge >= 0.3 is 0 Å².